The van der Waals surface area contributed by atoms with E-state index in [-0.39, 0.29) is 17.8 Å². The number of carbonyl (C=O) groups is 1. The molecule has 2 aromatic carbocycles. The fourth-order valence-electron chi connectivity index (χ4n) is 4.42. The molecule has 136 valence electrons. The molecule has 26 heavy (non-hydrogen) atoms. The molecule has 3 atom stereocenters. The predicted octanol–water partition coefficient (Wildman–Crippen LogP) is 4.44. The quantitative estimate of drug-likeness (QED) is 0.816. The Morgan fingerprint density at radius 3 is 2.04 bits per heavy atom. The molecule has 4 heteroatoms. The third kappa shape index (κ3) is 2.78. The second-order valence-corrected chi connectivity index (χ2v) is 7.10. The first-order chi connectivity index (χ1) is 12.7. The van der Waals surface area contributed by atoms with Crippen LogP contribution in [0.1, 0.15) is 48.8 Å². The van der Waals surface area contributed by atoms with Crippen molar-refractivity contribution in [1.29, 1.82) is 0 Å². The van der Waals surface area contributed by atoms with Crippen LogP contribution in [0.4, 0.5) is 0 Å². The maximum atomic E-state index is 12.8. The van der Waals surface area contributed by atoms with Gasteiger partial charge in [0.15, 0.2) is 5.78 Å². The van der Waals surface area contributed by atoms with E-state index in [1.54, 1.807) is 14.2 Å². The maximum absolute atomic E-state index is 12.8. The molecular weight excluding hydrogens is 328 g/mol. The molecule has 1 aliphatic heterocycles. The van der Waals surface area contributed by atoms with Gasteiger partial charge < -0.3 is 14.2 Å². The number of benzene rings is 2. The summed E-state index contributed by atoms with van der Waals surface area (Å²) >= 11 is 0. The molecule has 0 bridgehead atoms. The summed E-state index contributed by atoms with van der Waals surface area (Å²) in [6.45, 7) is 0. The third-order valence-corrected chi connectivity index (χ3v) is 5.83. The highest BCUT2D eigenvalue weighted by Gasteiger charge is 2.55. The molecule has 1 spiro atoms. The highest BCUT2D eigenvalue weighted by atomic mass is 16.5. The Hall–Kier alpha value is -2.33. The number of ether oxygens (including phenoxy) is 3. The average Bonchev–Trinajstić information content (AvgIpc) is 3.27. The lowest BCUT2D eigenvalue weighted by molar-refractivity contribution is -0.140. The topological polar surface area (TPSA) is 44.8 Å². The summed E-state index contributed by atoms with van der Waals surface area (Å²) in [6, 6.07) is 16.0. The van der Waals surface area contributed by atoms with E-state index >= 15 is 0 Å². The van der Waals surface area contributed by atoms with E-state index in [1.165, 1.54) is 0 Å². The first-order valence-corrected chi connectivity index (χ1v) is 9.15. The molecule has 1 heterocycles. The van der Waals surface area contributed by atoms with Crippen LogP contribution < -0.4 is 9.47 Å². The van der Waals surface area contributed by atoms with Gasteiger partial charge in [-0.25, -0.2) is 0 Å². The summed E-state index contributed by atoms with van der Waals surface area (Å²) < 4.78 is 17.0. The molecule has 2 fully saturated rings. The molecule has 0 amide bonds. The second-order valence-electron chi connectivity index (χ2n) is 7.10. The first-order valence-electron chi connectivity index (χ1n) is 9.15. The summed E-state index contributed by atoms with van der Waals surface area (Å²) in [5.41, 5.74) is 1.59. The van der Waals surface area contributed by atoms with Crippen LogP contribution in [0.3, 0.4) is 0 Å². The van der Waals surface area contributed by atoms with Crippen LogP contribution >= 0.6 is 0 Å². The minimum Gasteiger partial charge on any atom is -0.497 e. The summed E-state index contributed by atoms with van der Waals surface area (Å²) in [5.74, 6) is 2.02. The Kier molecular flexibility index (Phi) is 4.45. The van der Waals surface area contributed by atoms with Crippen LogP contribution in [-0.2, 0) is 9.53 Å². The average molecular weight is 352 g/mol. The molecule has 1 aliphatic carbocycles. The van der Waals surface area contributed by atoms with E-state index in [0.717, 1.165) is 41.9 Å². The number of carbonyl (C=O) groups excluding carboxylic acids is 1. The van der Waals surface area contributed by atoms with Crippen molar-refractivity contribution in [1.82, 2.24) is 0 Å². The van der Waals surface area contributed by atoms with Crippen molar-refractivity contribution >= 4 is 5.78 Å². The Balaban J connectivity index is 1.59. The fraction of sp³-hybridized carbons (Fsp3) is 0.409. The minimum atomic E-state index is -0.681. The summed E-state index contributed by atoms with van der Waals surface area (Å²) in [7, 11) is 3.32. The number of hydrogen-bond donors (Lipinski definition) is 0. The third-order valence-electron chi connectivity index (χ3n) is 5.83. The Morgan fingerprint density at radius 2 is 1.46 bits per heavy atom. The minimum absolute atomic E-state index is 0.0382. The van der Waals surface area contributed by atoms with Gasteiger partial charge in [-0.3, -0.25) is 4.79 Å². The standard InChI is InChI=1S/C22H24O4/c1-24-17-7-3-15(4-8-17)19-11-12-21(23)22(19)14-13-20(26-22)16-5-9-18(25-2)10-6-16/h3-10,19-20H,11-14H2,1-2H3. The van der Waals surface area contributed by atoms with Gasteiger partial charge in [-0.2, -0.15) is 0 Å². The van der Waals surface area contributed by atoms with Crippen LogP contribution in [0.15, 0.2) is 48.5 Å². The fourth-order valence-corrected chi connectivity index (χ4v) is 4.42. The van der Waals surface area contributed by atoms with E-state index in [4.69, 9.17) is 14.2 Å². The van der Waals surface area contributed by atoms with Crippen LogP contribution in [0.25, 0.3) is 0 Å². The normalized spacial score (nSPS) is 27.8. The Morgan fingerprint density at radius 1 is 0.885 bits per heavy atom. The summed E-state index contributed by atoms with van der Waals surface area (Å²) in [4.78, 5) is 12.8. The SMILES string of the molecule is COc1ccc(C2CCC3(O2)C(=O)CCC3c2ccc(OC)cc2)cc1. The zero-order valence-corrected chi connectivity index (χ0v) is 15.2. The van der Waals surface area contributed by atoms with Crippen LogP contribution in [0.5, 0.6) is 11.5 Å². The number of Topliss-reactive ketones (excluding diaryl/α,β-unsaturated/α-hetero) is 1. The number of ketones is 1. The van der Waals surface area contributed by atoms with E-state index in [0.29, 0.717) is 6.42 Å². The molecular formula is C22H24O4. The zero-order valence-electron chi connectivity index (χ0n) is 15.2. The summed E-state index contributed by atoms with van der Waals surface area (Å²) in [6.07, 6.45) is 3.04. The molecule has 2 aromatic rings. The lowest BCUT2D eigenvalue weighted by Gasteiger charge is -2.30. The molecule has 0 N–H and O–H groups in total. The van der Waals surface area contributed by atoms with Crippen molar-refractivity contribution in [3.05, 3.63) is 59.7 Å². The maximum Gasteiger partial charge on any atom is 0.165 e. The molecule has 2 aliphatic rings. The van der Waals surface area contributed by atoms with Gasteiger partial charge in [-0.1, -0.05) is 24.3 Å². The molecule has 4 rings (SSSR count). The lowest BCUT2D eigenvalue weighted by atomic mass is 9.82. The molecule has 0 aromatic heterocycles. The highest BCUT2D eigenvalue weighted by molar-refractivity contribution is 5.91. The Bertz CT molecular complexity index is 781. The number of methoxy groups -OCH3 is 2. The van der Waals surface area contributed by atoms with Crippen LogP contribution in [0.2, 0.25) is 0 Å². The highest BCUT2D eigenvalue weighted by Crippen LogP contribution is 2.53. The molecule has 1 saturated carbocycles. The van der Waals surface area contributed by atoms with Crippen molar-refractivity contribution in [2.24, 2.45) is 0 Å². The van der Waals surface area contributed by atoms with Gasteiger partial charge in [0.25, 0.3) is 0 Å². The summed E-state index contributed by atoms with van der Waals surface area (Å²) in [5, 5.41) is 0. The predicted molar refractivity (Wildman–Crippen MR) is 98.8 cm³/mol. The van der Waals surface area contributed by atoms with Gasteiger partial charge in [0.1, 0.15) is 17.1 Å². The molecule has 1 saturated heterocycles. The van der Waals surface area contributed by atoms with E-state index < -0.39 is 5.60 Å². The Labute approximate surface area is 154 Å². The second kappa shape index (κ2) is 6.76. The van der Waals surface area contributed by atoms with Crippen molar-refractivity contribution in [2.45, 2.75) is 43.3 Å². The van der Waals surface area contributed by atoms with Gasteiger partial charge >= 0.3 is 0 Å². The van der Waals surface area contributed by atoms with Gasteiger partial charge in [0, 0.05) is 12.3 Å². The molecule has 0 radical (unpaired) electrons. The van der Waals surface area contributed by atoms with Crippen molar-refractivity contribution < 1.29 is 19.0 Å². The van der Waals surface area contributed by atoms with E-state index in [9.17, 15) is 4.79 Å². The number of rotatable bonds is 4. The van der Waals surface area contributed by atoms with Crippen LogP contribution in [0, 0.1) is 0 Å². The first kappa shape index (κ1) is 17.1. The lowest BCUT2D eigenvalue weighted by Crippen LogP contribution is -2.38. The zero-order chi connectivity index (χ0) is 18.1. The number of hydrogen-bond acceptors (Lipinski definition) is 4. The smallest absolute Gasteiger partial charge is 0.165 e. The molecule has 3 unspecified atom stereocenters. The van der Waals surface area contributed by atoms with Gasteiger partial charge in [0.05, 0.1) is 20.3 Å². The van der Waals surface area contributed by atoms with E-state index in [1.807, 2.05) is 36.4 Å². The molecule has 4 nitrogen and oxygen atoms in total. The van der Waals surface area contributed by atoms with Crippen molar-refractivity contribution in [2.75, 3.05) is 14.2 Å². The monoisotopic (exact) mass is 352 g/mol. The van der Waals surface area contributed by atoms with Crippen molar-refractivity contribution in [3.63, 3.8) is 0 Å². The largest absolute Gasteiger partial charge is 0.497 e. The van der Waals surface area contributed by atoms with Crippen molar-refractivity contribution in [3.8, 4) is 11.5 Å². The van der Waals surface area contributed by atoms with E-state index in [2.05, 4.69) is 12.1 Å². The van der Waals surface area contributed by atoms with Gasteiger partial charge in [0.2, 0.25) is 0 Å². The van der Waals surface area contributed by atoms with Gasteiger partial charge in [-0.05, 0) is 54.7 Å². The van der Waals surface area contributed by atoms with Gasteiger partial charge in [-0.15, -0.1) is 0 Å². The van der Waals surface area contributed by atoms with Crippen LogP contribution in [-0.4, -0.2) is 25.6 Å².